The van der Waals surface area contributed by atoms with Gasteiger partial charge < -0.3 is 15.2 Å². The molecule has 3 N–H and O–H groups in total. The molecular formula is C20H14Cl2N4O2. The zero-order valence-corrected chi connectivity index (χ0v) is 16.2. The maximum Gasteiger partial charge on any atom is 0.244 e. The number of nitrogens with one attached hydrogen (secondary N) is 1. The van der Waals surface area contributed by atoms with E-state index >= 15 is 0 Å². The minimum Gasteiger partial charge on any atom is -0.497 e. The lowest BCUT2D eigenvalue weighted by Gasteiger charge is -2.24. The van der Waals surface area contributed by atoms with Gasteiger partial charge in [0.15, 0.2) is 0 Å². The average Bonchev–Trinajstić information content (AvgIpc) is 3.12. The molecule has 0 bridgehead atoms. The molecule has 0 amide bonds. The van der Waals surface area contributed by atoms with Gasteiger partial charge in [0, 0.05) is 5.56 Å². The molecule has 140 valence electrons. The van der Waals surface area contributed by atoms with E-state index in [0.717, 1.165) is 16.9 Å². The van der Waals surface area contributed by atoms with E-state index in [1.54, 1.807) is 19.2 Å². The first kappa shape index (κ1) is 18.2. The minimum atomic E-state index is -0.501. The van der Waals surface area contributed by atoms with Crippen LogP contribution in [0.3, 0.4) is 0 Å². The number of nitrogens with two attached hydrogens (primary N) is 1. The first-order valence-corrected chi connectivity index (χ1v) is 9.04. The molecular weight excluding hydrogens is 399 g/mol. The van der Waals surface area contributed by atoms with Crippen LogP contribution in [0, 0.1) is 11.3 Å². The number of benzene rings is 2. The van der Waals surface area contributed by atoms with Gasteiger partial charge in [0.1, 0.15) is 17.4 Å². The van der Waals surface area contributed by atoms with Gasteiger partial charge in [-0.15, -0.1) is 5.10 Å². The molecule has 4 rings (SSSR count). The van der Waals surface area contributed by atoms with Crippen LogP contribution in [0.1, 0.15) is 17.0 Å². The summed E-state index contributed by atoms with van der Waals surface area (Å²) in [5.74, 6) is 0.563. The number of aromatic nitrogens is 2. The largest absolute Gasteiger partial charge is 0.497 e. The van der Waals surface area contributed by atoms with Gasteiger partial charge in [-0.2, -0.15) is 5.26 Å². The molecule has 0 saturated heterocycles. The van der Waals surface area contributed by atoms with E-state index in [1.807, 2.05) is 30.3 Å². The second-order valence-electron chi connectivity index (χ2n) is 6.14. The molecule has 2 heterocycles. The number of allylic oxidation sites excluding steroid dienone is 1. The van der Waals surface area contributed by atoms with Crippen LogP contribution in [0.2, 0.25) is 10.0 Å². The summed E-state index contributed by atoms with van der Waals surface area (Å²) >= 11 is 12.3. The SMILES string of the molecule is COc1ccc(-c2[nH]nc3c2C(c2ccc(Cl)c(Cl)c2)C(C#N)=C(N)O3)cc1. The predicted octanol–water partition coefficient (Wildman–Crippen LogP) is 4.61. The molecule has 3 aromatic rings. The lowest BCUT2D eigenvalue weighted by Crippen LogP contribution is -2.21. The van der Waals surface area contributed by atoms with Crippen molar-refractivity contribution in [3.05, 3.63) is 75.1 Å². The van der Waals surface area contributed by atoms with E-state index < -0.39 is 5.92 Å². The monoisotopic (exact) mass is 412 g/mol. The number of halogens is 2. The normalized spacial score (nSPS) is 15.6. The number of H-pyrrole nitrogens is 1. The lowest BCUT2D eigenvalue weighted by molar-refractivity contribution is 0.379. The fourth-order valence-electron chi connectivity index (χ4n) is 3.25. The van der Waals surface area contributed by atoms with Crippen molar-refractivity contribution >= 4 is 23.2 Å². The molecule has 0 saturated carbocycles. The third-order valence-corrected chi connectivity index (χ3v) is 5.33. The minimum absolute atomic E-state index is 0.0128. The summed E-state index contributed by atoms with van der Waals surface area (Å²) in [6, 6.07) is 14.8. The van der Waals surface area contributed by atoms with Crippen molar-refractivity contribution in [3.63, 3.8) is 0 Å². The Kier molecular flexibility index (Phi) is 4.63. The Morgan fingerprint density at radius 1 is 1.18 bits per heavy atom. The van der Waals surface area contributed by atoms with Crippen molar-refractivity contribution in [2.24, 2.45) is 5.73 Å². The first-order chi connectivity index (χ1) is 13.5. The molecule has 1 unspecified atom stereocenters. The number of aromatic amines is 1. The van der Waals surface area contributed by atoms with Crippen molar-refractivity contribution in [2.45, 2.75) is 5.92 Å². The van der Waals surface area contributed by atoms with Crippen LogP contribution >= 0.6 is 23.2 Å². The van der Waals surface area contributed by atoms with Crippen molar-refractivity contribution in [1.29, 1.82) is 5.26 Å². The van der Waals surface area contributed by atoms with E-state index in [4.69, 9.17) is 38.4 Å². The highest BCUT2D eigenvalue weighted by Gasteiger charge is 2.35. The van der Waals surface area contributed by atoms with Crippen LogP contribution in [0.15, 0.2) is 53.9 Å². The highest BCUT2D eigenvalue weighted by Crippen LogP contribution is 2.46. The molecule has 1 atom stereocenters. The number of fused-ring (bicyclic) bond motifs is 1. The number of hydrogen-bond acceptors (Lipinski definition) is 5. The molecule has 6 nitrogen and oxygen atoms in total. The quantitative estimate of drug-likeness (QED) is 0.654. The Balaban J connectivity index is 1.92. The zero-order chi connectivity index (χ0) is 19.8. The number of hydrogen-bond donors (Lipinski definition) is 2. The highest BCUT2D eigenvalue weighted by atomic mass is 35.5. The molecule has 8 heteroatoms. The van der Waals surface area contributed by atoms with Gasteiger partial charge in [-0.25, -0.2) is 0 Å². The molecule has 0 radical (unpaired) electrons. The molecule has 0 fully saturated rings. The van der Waals surface area contributed by atoms with Gasteiger partial charge in [0.2, 0.25) is 11.8 Å². The Hall–Kier alpha value is -3.14. The maximum atomic E-state index is 9.74. The van der Waals surface area contributed by atoms with Crippen LogP contribution in [-0.2, 0) is 0 Å². The lowest BCUT2D eigenvalue weighted by atomic mass is 9.83. The van der Waals surface area contributed by atoms with E-state index in [9.17, 15) is 5.26 Å². The van der Waals surface area contributed by atoms with Crippen LogP contribution in [-0.4, -0.2) is 17.3 Å². The Morgan fingerprint density at radius 2 is 1.93 bits per heavy atom. The Bertz CT molecular complexity index is 1130. The van der Waals surface area contributed by atoms with Gasteiger partial charge >= 0.3 is 0 Å². The standard InChI is InChI=1S/C20H14Cl2N4O2/c1-27-12-5-2-10(3-6-12)18-17-16(11-4-7-14(21)15(22)8-11)13(9-23)19(24)28-20(17)26-25-18/h2-8,16H,24H2,1H3,(H,25,26). The van der Waals surface area contributed by atoms with Gasteiger partial charge in [-0.1, -0.05) is 29.3 Å². The third kappa shape index (κ3) is 2.95. The molecule has 1 aliphatic rings. The number of nitriles is 1. The number of rotatable bonds is 3. The molecule has 2 aromatic carbocycles. The second kappa shape index (κ2) is 7.12. The van der Waals surface area contributed by atoms with Crippen LogP contribution < -0.4 is 15.2 Å². The fraction of sp³-hybridized carbons (Fsp3) is 0.100. The van der Waals surface area contributed by atoms with Crippen LogP contribution in [0.5, 0.6) is 11.6 Å². The summed E-state index contributed by atoms with van der Waals surface area (Å²) < 4.78 is 10.8. The summed E-state index contributed by atoms with van der Waals surface area (Å²) in [4.78, 5) is 0. The summed E-state index contributed by atoms with van der Waals surface area (Å²) in [7, 11) is 1.61. The summed E-state index contributed by atoms with van der Waals surface area (Å²) in [6.07, 6.45) is 0. The number of methoxy groups -OCH3 is 1. The Labute approximate surface area is 171 Å². The van der Waals surface area contributed by atoms with E-state index in [1.165, 1.54) is 0 Å². The Morgan fingerprint density at radius 3 is 2.57 bits per heavy atom. The molecule has 0 spiro atoms. The zero-order valence-electron chi connectivity index (χ0n) is 14.7. The number of ether oxygens (including phenoxy) is 2. The maximum absolute atomic E-state index is 9.74. The summed E-state index contributed by atoms with van der Waals surface area (Å²) in [5, 5.41) is 17.8. The molecule has 0 aliphatic carbocycles. The topological polar surface area (TPSA) is 97.0 Å². The van der Waals surface area contributed by atoms with Gasteiger partial charge in [0.25, 0.3) is 0 Å². The second-order valence-corrected chi connectivity index (χ2v) is 6.96. The third-order valence-electron chi connectivity index (χ3n) is 4.59. The van der Waals surface area contributed by atoms with Crippen LogP contribution in [0.25, 0.3) is 11.3 Å². The van der Waals surface area contributed by atoms with Crippen LogP contribution in [0.4, 0.5) is 0 Å². The van der Waals surface area contributed by atoms with E-state index in [0.29, 0.717) is 27.2 Å². The smallest absolute Gasteiger partial charge is 0.244 e. The van der Waals surface area contributed by atoms with Crippen molar-refractivity contribution in [2.75, 3.05) is 7.11 Å². The predicted molar refractivity (Wildman–Crippen MR) is 106 cm³/mol. The van der Waals surface area contributed by atoms with Gasteiger partial charge in [-0.05, 0) is 42.0 Å². The molecule has 28 heavy (non-hydrogen) atoms. The summed E-state index contributed by atoms with van der Waals surface area (Å²) in [6.45, 7) is 0. The molecule has 1 aromatic heterocycles. The highest BCUT2D eigenvalue weighted by molar-refractivity contribution is 6.42. The van der Waals surface area contributed by atoms with Crippen molar-refractivity contribution < 1.29 is 9.47 Å². The van der Waals surface area contributed by atoms with Crippen molar-refractivity contribution in [3.8, 4) is 29.0 Å². The van der Waals surface area contributed by atoms with Gasteiger partial charge in [-0.3, -0.25) is 5.10 Å². The molecule has 1 aliphatic heterocycles. The van der Waals surface area contributed by atoms with E-state index in [-0.39, 0.29) is 11.5 Å². The fourth-order valence-corrected chi connectivity index (χ4v) is 3.55. The summed E-state index contributed by atoms with van der Waals surface area (Å²) in [5.41, 5.74) is 9.31. The number of nitrogens with zero attached hydrogens (tertiary/aromatic N) is 2. The van der Waals surface area contributed by atoms with Gasteiger partial charge in [0.05, 0.1) is 34.3 Å². The van der Waals surface area contributed by atoms with Crippen molar-refractivity contribution in [1.82, 2.24) is 10.2 Å². The average molecular weight is 413 g/mol. The van der Waals surface area contributed by atoms with E-state index in [2.05, 4.69) is 16.3 Å². The first-order valence-electron chi connectivity index (χ1n) is 8.28.